The van der Waals surface area contributed by atoms with Crippen LogP contribution in [0, 0.1) is 130 Å². The quantitative estimate of drug-likeness (QED) is 0.336. The molecule has 224 valence electrons. The van der Waals surface area contributed by atoms with Gasteiger partial charge in [0.05, 0.1) is 0 Å². The molecule has 0 radical (unpaired) electrons. The Kier molecular flexibility index (Phi) is 7.28. The summed E-state index contributed by atoms with van der Waals surface area (Å²) in [7, 11) is 0. The molecular formula is C39H68. The summed E-state index contributed by atoms with van der Waals surface area (Å²) in [4.78, 5) is 0. The van der Waals surface area contributed by atoms with Crippen molar-refractivity contribution in [1.29, 1.82) is 0 Å². The molecule has 6 aliphatic rings. The van der Waals surface area contributed by atoms with E-state index in [4.69, 9.17) is 0 Å². The molecule has 0 aromatic carbocycles. The molecule has 0 aromatic rings. The van der Waals surface area contributed by atoms with Crippen molar-refractivity contribution in [3.05, 3.63) is 0 Å². The average Bonchev–Trinajstić information content (AvgIpc) is 3.11. The van der Waals surface area contributed by atoms with Gasteiger partial charge in [-0.1, -0.05) is 90.0 Å². The zero-order valence-electron chi connectivity index (χ0n) is 28.5. The Bertz CT molecular complexity index is 892. The zero-order chi connectivity index (χ0) is 28.5. The van der Waals surface area contributed by atoms with Crippen LogP contribution in [0.3, 0.4) is 0 Å². The standard InChI is InChI=1S/C39H68/c1-18(2)34(19(3)4)32-17-30-20(5)14-29-15-31-24(9)23(8)26(11)36-35-25(10)21(6)22(7)27(12)37(35)39(28(32)13,38(31)36)33(30)16-29/h18-38H,14-17H2,1-13H3/t20-,21-,22+,23+,24-,25-,26+,27+,28-,29-,30-,31-,32-,33+,35+,36-,37+,38-,39?/m1/s1. The number of hydrogen-bond donors (Lipinski definition) is 0. The summed E-state index contributed by atoms with van der Waals surface area (Å²) < 4.78 is 0. The third kappa shape index (κ3) is 3.66. The molecule has 1 unspecified atom stereocenters. The minimum atomic E-state index is 0.587. The van der Waals surface area contributed by atoms with Gasteiger partial charge in [-0.3, -0.25) is 0 Å². The average molecular weight is 537 g/mol. The zero-order valence-corrected chi connectivity index (χ0v) is 28.5. The van der Waals surface area contributed by atoms with E-state index in [9.17, 15) is 0 Å². The third-order valence-electron chi connectivity index (χ3n) is 17.3. The topological polar surface area (TPSA) is 0 Å². The molecule has 6 fully saturated rings. The van der Waals surface area contributed by atoms with Crippen LogP contribution in [0.1, 0.15) is 116 Å². The normalized spacial score (nSPS) is 60.3. The highest BCUT2D eigenvalue weighted by atomic mass is 14.8. The maximum Gasteiger partial charge on any atom is -0.0170 e. The Labute approximate surface area is 245 Å². The van der Waals surface area contributed by atoms with Crippen LogP contribution in [-0.2, 0) is 0 Å². The van der Waals surface area contributed by atoms with Gasteiger partial charge in [-0.2, -0.15) is 0 Å². The lowest BCUT2D eigenvalue weighted by molar-refractivity contribution is -0.187. The highest BCUT2D eigenvalue weighted by Gasteiger charge is 2.76. The van der Waals surface area contributed by atoms with Gasteiger partial charge in [0.15, 0.2) is 0 Å². The van der Waals surface area contributed by atoms with Gasteiger partial charge in [0.25, 0.3) is 0 Å². The molecule has 19 atom stereocenters. The van der Waals surface area contributed by atoms with E-state index in [-0.39, 0.29) is 0 Å². The van der Waals surface area contributed by atoms with Crippen LogP contribution < -0.4 is 0 Å². The minimum Gasteiger partial charge on any atom is -0.0625 e. The molecule has 0 saturated heterocycles. The predicted molar refractivity (Wildman–Crippen MR) is 168 cm³/mol. The van der Waals surface area contributed by atoms with Crippen LogP contribution in [0.4, 0.5) is 0 Å². The van der Waals surface area contributed by atoms with Gasteiger partial charge in [-0.05, 0) is 155 Å². The molecule has 0 aliphatic heterocycles. The van der Waals surface area contributed by atoms with Gasteiger partial charge >= 0.3 is 0 Å². The van der Waals surface area contributed by atoms with Crippen LogP contribution in [0.15, 0.2) is 0 Å². The minimum absolute atomic E-state index is 0.587. The molecule has 0 N–H and O–H groups in total. The lowest BCUT2D eigenvalue weighted by Gasteiger charge is -2.66. The first-order valence-corrected chi connectivity index (χ1v) is 18.3. The second kappa shape index (κ2) is 9.76. The summed E-state index contributed by atoms with van der Waals surface area (Å²) in [6.45, 7) is 35.0. The number of rotatable bonds is 3. The second-order valence-electron chi connectivity index (χ2n) is 18.5. The highest BCUT2D eigenvalue weighted by Crippen LogP contribution is 2.81. The predicted octanol–water partition coefficient (Wildman–Crippen LogP) is 10.8. The largest absolute Gasteiger partial charge is 0.0625 e. The van der Waals surface area contributed by atoms with Crippen molar-refractivity contribution in [2.45, 2.75) is 116 Å². The Morgan fingerprint density at radius 2 is 1.05 bits per heavy atom. The fourth-order valence-electron chi connectivity index (χ4n) is 15.6. The summed E-state index contributed by atoms with van der Waals surface area (Å²) in [6.07, 6.45) is 6.28. The molecule has 0 heteroatoms. The van der Waals surface area contributed by atoms with Gasteiger partial charge < -0.3 is 0 Å². The lowest BCUT2D eigenvalue weighted by atomic mass is 9.38. The summed E-state index contributed by atoms with van der Waals surface area (Å²) in [5, 5.41) is 0. The van der Waals surface area contributed by atoms with E-state index in [1.54, 1.807) is 25.7 Å². The monoisotopic (exact) mass is 537 g/mol. The van der Waals surface area contributed by atoms with Gasteiger partial charge in [-0.15, -0.1) is 0 Å². The van der Waals surface area contributed by atoms with E-state index in [0.717, 1.165) is 124 Å². The van der Waals surface area contributed by atoms with Crippen LogP contribution in [0.2, 0.25) is 0 Å². The molecule has 0 amide bonds. The van der Waals surface area contributed by atoms with Crippen LogP contribution in [0.5, 0.6) is 0 Å². The smallest absolute Gasteiger partial charge is 0.0170 e. The Balaban J connectivity index is 1.63. The highest BCUT2D eigenvalue weighted by molar-refractivity contribution is 5.23. The summed E-state index contributed by atoms with van der Waals surface area (Å²) in [5.41, 5.74) is 0.587. The van der Waals surface area contributed by atoms with E-state index in [1.165, 1.54) is 0 Å². The van der Waals surface area contributed by atoms with E-state index < -0.39 is 0 Å². The summed E-state index contributed by atoms with van der Waals surface area (Å²) >= 11 is 0. The van der Waals surface area contributed by atoms with Crippen LogP contribution in [-0.4, -0.2) is 0 Å². The van der Waals surface area contributed by atoms with E-state index >= 15 is 0 Å². The first kappa shape index (κ1) is 29.1. The van der Waals surface area contributed by atoms with Crippen molar-refractivity contribution in [2.24, 2.45) is 130 Å². The van der Waals surface area contributed by atoms with Crippen LogP contribution >= 0.6 is 0 Å². The Morgan fingerprint density at radius 1 is 0.513 bits per heavy atom. The molecule has 6 aliphatic carbocycles. The van der Waals surface area contributed by atoms with E-state index in [0.29, 0.717) is 5.41 Å². The van der Waals surface area contributed by atoms with Crippen molar-refractivity contribution in [1.82, 2.24) is 0 Å². The fourth-order valence-corrected chi connectivity index (χ4v) is 15.6. The lowest BCUT2D eigenvalue weighted by Crippen LogP contribution is -2.61. The molecule has 39 heavy (non-hydrogen) atoms. The van der Waals surface area contributed by atoms with Gasteiger partial charge in [0, 0.05) is 0 Å². The van der Waals surface area contributed by atoms with Crippen molar-refractivity contribution in [3.8, 4) is 0 Å². The fraction of sp³-hybridized carbons (Fsp3) is 1.00. The Hall–Kier alpha value is 0. The number of hydrogen-bond acceptors (Lipinski definition) is 0. The first-order valence-electron chi connectivity index (χ1n) is 18.3. The Morgan fingerprint density at radius 3 is 1.64 bits per heavy atom. The maximum absolute atomic E-state index is 2.89. The SMILES string of the molecule is CC(C)C(C(C)C)[C@@H]1C[C@@H]2[C@H](C)C[C@@H]3C[C@@H]4[C@H](C)[C@H](C)[C@H](C)[C@@H]5[C@@H]6[C@H](C)[C@H](C)[C@H](C)[C@H](C)[C@@H]6C([C@H]45)([C@@H]1C)[C@H]2C3. The van der Waals surface area contributed by atoms with Crippen molar-refractivity contribution < 1.29 is 0 Å². The molecule has 0 aromatic heterocycles. The second-order valence-corrected chi connectivity index (χ2v) is 18.5. The molecule has 0 heterocycles. The molecule has 0 nitrogen and oxygen atoms in total. The summed E-state index contributed by atoms with van der Waals surface area (Å²) in [5.74, 6) is 19.4. The van der Waals surface area contributed by atoms with Gasteiger partial charge in [-0.25, -0.2) is 0 Å². The molecular weight excluding hydrogens is 468 g/mol. The van der Waals surface area contributed by atoms with Gasteiger partial charge in [0.1, 0.15) is 0 Å². The van der Waals surface area contributed by atoms with E-state index in [1.807, 2.05) is 0 Å². The third-order valence-corrected chi connectivity index (χ3v) is 17.3. The van der Waals surface area contributed by atoms with Crippen molar-refractivity contribution in [2.75, 3.05) is 0 Å². The summed E-state index contributed by atoms with van der Waals surface area (Å²) in [6, 6.07) is 0. The van der Waals surface area contributed by atoms with E-state index in [2.05, 4.69) is 90.0 Å². The first-order chi connectivity index (χ1) is 18.3. The van der Waals surface area contributed by atoms with Gasteiger partial charge in [0.2, 0.25) is 0 Å². The molecule has 6 saturated carbocycles. The van der Waals surface area contributed by atoms with Crippen molar-refractivity contribution >= 4 is 0 Å². The van der Waals surface area contributed by atoms with Crippen LogP contribution in [0.25, 0.3) is 0 Å². The molecule has 2 bridgehead atoms. The van der Waals surface area contributed by atoms with Crippen molar-refractivity contribution in [3.63, 3.8) is 0 Å². The number of fused-ring (bicyclic) bond motifs is 3. The molecule has 6 rings (SSSR count). The molecule has 1 spiro atoms. The maximum atomic E-state index is 2.89.